The van der Waals surface area contributed by atoms with Gasteiger partial charge in [0.05, 0.1) is 12.0 Å². The molecular weight excluding hydrogens is 203 g/mol. The van der Waals surface area contributed by atoms with Crippen molar-refractivity contribution < 1.29 is 18.4 Å². The molecule has 6 heteroatoms. The highest BCUT2D eigenvalue weighted by Crippen LogP contribution is 2.47. The zero-order valence-corrected chi connectivity index (χ0v) is 8.33. The van der Waals surface area contributed by atoms with Crippen LogP contribution in [0.2, 0.25) is 0 Å². The van der Waals surface area contributed by atoms with E-state index in [0.29, 0.717) is 12.8 Å². The molecule has 0 aliphatic heterocycles. The number of hydrogen-bond donors (Lipinski definition) is 0. The molecule has 0 spiro atoms. The number of carbonyl (C=O) groups is 1. The molecule has 1 fully saturated rings. The van der Waals surface area contributed by atoms with Crippen LogP contribution >= 0.6 is 0 Å². The predicted octanol–water partition coefficient (Wildman–Crippen LogP) is 1.25. The molecule has 1 aromatic heterocycles. The van der Waals surface area contributed by atoms with Crippen molar-refractivity contribution in [2.45, 2.75) is 25.2 Å². The molecule has 82 valence electrons. The predicted molar refractivity (Wildman–Crippen MR) is 47.1 cm³/mol. The van der Waals surface area contributed by atoms with Crippen LogP contribution in [0.1, 0.15) is 36.3 Å². The van der Waals surface area contributed by atoms with E-state index in [-0.39, 0.29) is 18.3 Å². The Bertz CT molecular complexity index is 373. The van der Waals surface area contributed by atoms with Crippen molar-refractivity contribution in [1.29, 1.82) is 0 Å². The van der Waals surface area contributed by atoms with Crippen LogP contribution < -0.4 is 0 Å². The monoisotopic (exact) mass is 214 g/mol. The van der Waals surface area contributed by atoms with E-state index in [1.54, 1.807) is 6.92 Å². The lowest BCUT2D eigenvalue weighted by Crippen LogP contribution is -2.11. The van der Waals surface area contributed by atoms with Gasteiger partial charge in [-0.2, -0.15) is 4.98 Å². The van der Waals surface area contributed by atoms with Gasteiger partial charge >= 0.3 is 5.97 Å². The van der Waals surface area contributed by atoms with Gasteiger partial charge in [-0.15, -0.1) is 0 Å². The molecule has 0 aromatic carbocycles. The first-order chi connectivity index (χ1) is 7.22. The van der Waals surface area contributed by atoms with E-state index < -0.39 is 18.1 Å². The third-order valence-corrected chi connectivity index (χ3v) is 2.45. The second-order valence-corrected chi connectivity index (χ2v) is 3.56. The van der Waals surface area contributed by atoms with Gasteiger partial charge in [0, 0.05) is 0 Å². The second kappa shape index (κ2) is 3.60. The van der Waals surface area contributed by atoms with Crippen molar-refractivity contribution in [3.8, 4) is 0 Å². The average molecular weight is 214 g/mol. The third kappa shape index (κ3) is 1.71. The summed E-state index contributed by atoms with van der Waals surface area (Å²) in [4.78, 5) is 15.0. The molecule has 0 amide bonds. The average Bonchev–Trinajstić information content (AvgIpc) is 2.88. The van der Waals surface area contributed by atoms with Crippen molar-refractivity contribution >= 4 is 5.97 Å². The fourth-order valence-corrected chi connectivity index (χ4v) is 1.27. The molecule has 1 aliphatic rings. The molecule has 0 atom stereocenters. The topological polar surface area (TPSA) is 65.2 Å². The quantitative estimate of drug-likeness (QED) is 0.705. The molecular formula is C9H11FN2O3. The summed E-state index contributed by atoms with van der Waals surface area (Å²) in [7, 11) is 0. The fourth-order valence-electron chi connectivity index (χ4n) is 1.27. The maximum Gasteiger partial charge on any atom is 0.379 e. The normalized spacial score (nSPS) is 17.5. The number of alkyl halides is 1. The number of halogens is 1. The summed E-state index contributed by atoms with van der Waals surface area (Å²) >= 11 is 0. The first-order valence-electron chi connectivity index (χ1n) is 4.79. The van der Waals surface area contributed by atoms with Gasteiger partial charge in [0.15, 0.2) is 0 Å². The smallest absolute Gasteiger partial charge is 0.379 e. The Kier molecular flexibility index (Phi) is 2.42. The van der Waals surface area contributed by atoms with Crippen LogP contribution in [0.4, 0.5) is 4.39 Å². The first kappa shape index (κ1) is 10.1. The molecule has 5 nitrogen and oxygen atoms in total. The van der Waals surface area contributed by atoms with E-state index in [4.69, 9.17) is 9.26 Å². The van der Waals surface area contributed by atoms with E-state index >= 15 is 0 Å². The van der Waals surface area contributed by atoms with Crippen molar-refractivity contribution in [3.63, 3.8) is 0 Å². The number of hydrogen-bond acceptors (Lipinski definition) is 5. The Hall–Kier alpha value is -1.46. The maximum absolute atomic E-state index is 12.6. The van der Waals surface area contributed by atoms with Gasteiger partial charge in [-0.1, -0.05) is 0 Å². The van der Waals surface area contributed by atoms with Crippen LogP contribution in [-0.4, -0.2) is 29.4 Å². The number of esters is 1. The van der Waals surface area contributed by atoms with Gasteiger partial charge in [-0.05, 0) is 24.9 Å². The molecule has 0 saturated heterocycles. The SMILES string of the molecule is CCOC(=O)c1noc(C2(CF)CC2)n1. The van der Waals surface area contributed by atoms with Gasteiger partial charge in [-0.25, -0.2) is 9.18 Å². The van der Waals surface area contributed by atoms with Crippen LogP contribution in [0.25, 0.3) is 0 Å². The van der Waals surface area contributed by atoms with Crippen LogP contribution in [0.5, 0.6) is 0 Å². The molecule has 0 radical (unpaired) electrons. The zero-order valence-electron chi connectivity index (χ0n) is 8.33. The number of ether oxygens (including phenoxy) is 1. The van der Waals surface area contributed by atoms with Gasteiger partial charge in [-0.3, -0.25) is 0 Å². The van der Waals surface area contributed by atoms with Crippen molar-refractivity contribution in [1.82, 2.24) is 10.1 Å². The summed E-state index contributed by atoms with van der Waals surface area (Å²) in [5, 5.41) is 3.46. The van der Waals surface area contributed by atoms with Crippen LogP contribution in [0.3, 0.4) is 0 Å². The Morgan fingerprint density at radius 3 is 2.93 bits per heavy atom. The number of carbonyl (C=O) groups excluding carboxylic acids is 1. The Balaban J connectivity index is 2.14. The molecule has 0 unspecified atom stereocenters. The number of nitrogens with zero attached hydrogens (tertiary/aromatic N) is 2. The summed E-state index contributed by atoms with van der Waals surface area (Å²) < 4.78 is 22.2. The van der Waals surface area contributed by atoms with Crippen LogP contribution in [-0.2, 0) is 10.2 Å². The van der Waals surface area contributed by atoms with E-state index in [0.717, 1.165) is 0 Å². The molecule has 1 saturated carbocycles. The summed E-state index contributed by atoms with van der Waals surface area (Å²) in [6.07, 6.45) is 1.38. The fraction of sp³-hybridized carbons (Fsp3) is 0.667. The summed E-state index contributed by atoms with van der Waals surface area (Å²) in [5.74, 6) is -0.568. The van der Waals surface area contributed by atoms with Crippen LogP contribution in [0.15, 0.2) is 4.52 Å². The number of rotatable bonds is 4. The molecule has 1 aliphatic carbocycles. The Labute approximate surface area is 85.6 Å². The molecule has 15 heavy (non-hydrogen) atoms. The first-order valence-corrected chi connectivity index (χ1v) is 4.79. The zero-order chi connectivity index (χ0) is 10.9. The van der Waals surface area contributed by atoms with Gasteiger partial charge in [0.1, 0.15) is 6.67 Å². The maximum atomic E-state index is 12.6. The lowest BCUT2D eigenvalue weighted by molar-refractivity contribution is 0.0508. The molecule has 2 rings (SSSR count). The standard InChI is InChI=1S/C9H11FN2O3/c1-2-14-7(13)6-11-8(15-12-6)9(5-10)3-4-9/h2-5H2,1H3. The highest BCUT2D eigenvalue weighted by Gasteiger charge is 2.50. The van der Waals surface area contributed by atoms with E-state index in [1.807, 2.05) is 0 Å². The lowest BCUT2D eigenvalue weighted by atomic mass is 10.1. The van der Waals surface area contributed by atoms with Crippen LogP contribution in [0, 0.1) is 0 Å². The molecule has 0 bridgehead atoms. The summed E-state index contributed by atoms with van der Waals surface area (Å²) in [6.45, 7) is 1.40. The second-order valence-electron chi connectivity index (χ2n) is 3.56. The number of aromatic nitrogens is 2. The van der Waals surface area contributed by atoms with Crippen molar-refractivity contribution in [2.75, 3.05) is 13.3 Å². The highest BCUT2D eigenvalue weighted by molar-refractivity contribution is 5.84. The highest BCUT2D eigenvalue weighted by atomic mass is 19.1. The lowest BCUT2D eigenvalue weighted by Gasteiger charge is -2.00. The molecule has 1 heterocycles. The Morgan fingerprint density at radius 2 is 2.40 bits per heavy atom. The van der Waals surface area contributed by atoms with E-state index in [2.05, 4.69) is 10.1 Å². The van der Waals surface area contributed by atoms with Gasteiger partial charge in [0.2, 0.25) is 5.89 Å². The summed E-state index contributed by atoms with van der Waals surface area (Å²) in [5.41, 5.74) is -0.627. The van der Waals surface area contributed by atoms with Crippen molar-refractivity contribution in [2.24, 2.45) is 0 Å². The van der Waals surface area contributed by atoms with Gasteiger partial charge in [0.25, 0.3) is 5.82 Å². The van der Waals surface area contributed by atoms with Crippen molar-refractivity contribution in [3.05, 3.63) is 11.7 Å². The largest absolute Gasteiger partial charge is 0.460 e. The Morgan fingerprint density at radius 1 is 1.67 bits per heavy atom. The van der Waals surface area contributed by atoms with E-state index in [9.17, 15) is 9.18 Å². The van der Waals surface area contributed by atoms with E-state index in [1.165, 1.54) is 0 Å². The molecule has 1 aromatic rings. The minimum Gasteiger partial charge on any atom is -0.460 e. The third-order valence-electron chi connectivity index (χ3n) is 2.45. The van der Waals surface area contributed by atoms with Gasteiger partial charge < -0.3 is 9.26 Å². The minimum atomic E-state index is -0.637. The minimum absolute atomic E-state index is 0.133. The molecule has 0 N–H and O–H groups in total. The summed E-state index contributed by atoms with van der Waals surface area (Å²) in [6, 6.07) is 0.